The van der Waals surface area contributed by atoms with Crippen molar-refractivity contribution in [3.8, 4) is 0 Å². The van der Waals surface area contributed by atoms with Gasteiger partial charge in [0.1, 0.15) is 5.78 Å². The maximum absolute atomic E-state index is 13.1. The summed E-state index contributed by atoms with van der Waals surface area (Å²) in [6.07, 6.45) is 8.80. The van der Waals surface area contributed by atoms with Crippen LogP contribution in [0.2, 0.25) is 0 Å². The van der Waals surface area contributed by atoms with E-state index in [0.717, 1.165) is 19.3 Å². The average molecular weight is 391 g/mol. The Morgan fingerprint density at radius 1 is 1.11 bits per heavy atom. The predicted octanol–water partition coefficient (Wildman–Crippen LogP) is 4.69. The minimum atomic E-state index is -0.688. The molecule has 0 aliphatic heterocycles. The van der Waals surface area contributed by atoms with Crippen LogP contribution in [0, 0.1) is 46.3 Å². The topological polar surface area (TPSA) is 74.6 Å². The van der Waals surface area contributed by atoms with Crippen LogP contribution in [0.4, 0.5) is 0 Å². The van der Waals surface area contributed by atoms with Gasteiger partial charge < -0.3 is 10.2 Å². The molecule has 0 heterocycles. The van der Waals surface area contributed by atoms with Crippen LogP contribution in [-0.4, -0.2) is 28.1 Å². The van der Waals surface area contributed by atoms with E-state index in [2.05, 4.69) is 20.8 Å². The van der Waals surface area contributed by atoms with E-state index in [1.54, 1.807) is 0 Å². The smallest absolute Gasteiger partial charge is 0.303 e. The molecule has 4 aliphatic carbocycles. The minimum absolute atomic E-state index is 0.0635. The Morgan fingerprint density at radius 2 is 1.79 bits per heavy atom. The van der Waals surface area contributed by atoms with E-state index in [-0.39, 0.29) is 29.3 Å². The van der Waals surface area contributed by atoms with Gasteiger partial charge in [-0.1, -0.05) is 20.8 Å². The summed E-state index contributed by atoms with van der Waals surface area (Å²) in [5.41, 5.74) is 0.338. The van der Waals surface area contributed by atoms with Gasteiger partial charge in [-0.25, -0.2) is 0 Å². The van der Waals surface area contributed by atoms with E-state index < -0.39 is 5.97 Å². The molecule has 0 amide bonds. The third-order valence-corrected chi connectivity index (χ3v) is 10.0. The molecule has 2 N–H and O–H groups in total. The summed E-state index contributed by atoms with van der Waals surface area (Å²) in [5, 5.41) is 19.2. The Balaban J connectivity index is 1.55. The first-order valence-electron chi connectivity index (χ1n) is 11.6. The lowest BCUT2D eigenvalue weighted by Gasteiger charge is -2.60. The normalized spacial score (nSPS) is 49.1. The predicted molar refractivity (Wildman–Crippen MR) is 108 cm³/mol. The maximum atomic E-state index is 13.1. The number of aliphatic hydroxyl groups excluding tert-OH is 1. The van der Waals surface area contributed by atoms with Crippen molar-refractivity contribution in [1.29, 1.82) is 0 Å². The Kier molecular flexibility index (Phi) is 5.17. The van der Waals surface area contributed by atoms with E-state index >= 15 is 0 Å². The molecule has 0 saturated heterocycles. The lowest BCUT2D eigenvalue weighted by Crippen LogP contribution is -2.57. The number of fused-ring (bicyclic) bond motifs is 5. The SMILES string of the molecule is C[C@H](CCC(=O)O)[C@H]1CCC2C3CC(=O)[C@@H]4C[C@H](O)CC[C@]4(C)C3CC[C@@]21C. The van der Waals surface area contributed by atoms with Crippen molar-refractivity contribution in [2.75, 3.05) is 0 Å². The summed E-state index contributed by atoms with van der Waals surface area (Å²) in [5.74, 6) is 2.54. The number of carboxylic acid groups (broad SMARTS) is 1. The standard InChI is InChI=1S/C24H38O4/c1-14(4-7-22(27)28)17-5-6-18-16-13-21(26)20-12-15(25)8-10-24(20,3)19(16)9-11-23(17,18)2/h14-20,25H,4-13H2,1-3H3,(H,27,28)/t14-,15-,16?,17-,18?,19?,20+,23-,24-/m1/s1. The van der Waals surface area contributed by atoms with Crippen molar-refractivity contribution >= 4 is 11.8 Å². The fourth-order valence-corrected chi connectivity index (χ4v) is 8.55. The highest BCUT2D eigenvalue weighted by Gasteiger charge is 2.62. The molecule has 0 aromatic heterocycles. The van der Waals surface area contributed by atoms with E-state index in [0.29, 0.717) is 48.2 Å². The summed E-state index contributed by atoms with van der Waals surface area (Å²) in [7, 11) is 0. The van der Waals surface area contributed by atoms with Gasteiger partial charge >= 0.3 is 5.97 Å². The van der Waals surface area contributed by atoms with Gasteiger partial charge in [0.2, 0.25) is 0 Å². The van der Waals surface area contributed by atoms with Gasteiger partial charge in [-0.3, -0.25) is 9.59 Å². The lowest BCUT2D eigenvalue weighted by atomic mass is 9.44. The third kappa shape index (κ3) is 3.05. The Bertz CT molecular complexity index is 645. The van der Waals surface area contributed by atoms with Crippen molar-refractivity contribution < 1.29 is 19.8 Å². The molecule has 4 rings (SSSR count). The van der Waals surface area contributed by atoms with E-state index in [4.69, 9.17) is 5.11 Å². The van der Waals surface area contributed by atoms with Gasteiger partial charge in [0.15, 0.2) is 0 Å². The Hall–Kier alpha value is -0.900. The number of carbonyl (C=O) groups is 2. The molecule has 0 spiro atoms. The quantitative estimate of drug-likeness (QED) is 0.730. The van der Waals surface area contributed by atoms with Crippen LogP contribution < -0.4 is 0 Å². The molecule has 0 radical (unpaired) electrons. The van der Waals surface area contributed by atoms with Crippen LogP contribution in [0.1, 0.15) is 85.0 Å². The third-order valence-electron chi connectivity index (χ3n) is 10.0. The van der Waals surface area contributed by atoms with Gasteiger partial charge in [0.25, 0.3) is 0 Å². The highest BCUT2D eigenvalue weighted by molar-refractivity contribution is 5.83. The van der Waals surface area contributed by atoms with Crippen molar-refractivity contribution in [1.82, 2.24) is 0 Å². The van der Waals surface area contributed by atoms with Gasteiger partial charge in [0.05, 0.1) is 6.10 Å². The lowest BCUT2D eigenvalue weighted by molar-refractivity contribution is -0.160. The summed E-state index contributed by atoms with van der Waals surface area (Å²) in [6.45, 7) is 7.05. The second kappa shape index (κ2) is 7.11. The molecule has 4 fully saturated rings. The Morgan fingerprint density at radius 3 is 2.50 bits per heavy atom. The molecule has 4 heteroatoms. The molecular weight excluding hydrogens is 352 g/mol. The summed E-state index contributed by atoms with van der Waals surface area (Å²) >= 11 is 0. The van der Waals surface area contributed by atoms with Gasteiger partial charge in [0, 0.05) is 18.8 Å². The van der Waals surface area contributed by atoms with Crippen LogP contribution in [0.3, 0.4) is 0 Å². The minimum Gasteiger partial charge on any atom is -0.481 e. The number of rotatable bonds is 4. The zero-order valence-electron chi connectivity index (χ0n) is 17.8. The van der Waals surface area contributed by atoms with Gasteiger partial charge in [-0.05, 0) is 91.8 Å². The molecule has 158 valence electrons. The molecular formula is C24H38O4. The van der Waals surface area contributed by atoms with E-state index in [9.17, 15) is 14.7 Å². The zero-order chi connectivity index (χ0) is 20.3. The first kappa shape index (κ1) is 20.4. The van der Waals surface area contributed by atoms with Crippen LogP contribution >= 0.6 is 0 Å². The number of hydrogen-bond donors (Lipinski definition) is 2. The van der Waals surface area contributed by atoms with Crippen molar-refractivity contribution in [3.63, 3.8) is 0 Å². The number of ketones is 1. The van der Waals surface area contributed by atoms with E-state index in [1.165, 1.54) is 25.7 Å². The van der Waals surface area contributed by atoms with E-state index in [1.807, 2.05) is 0 Å². The number of carbonyl (C=O) groups excluding carboxylic acids is 1. The number of carboxylic acids is 1. The average Bonchev–Trinajstić information content (AvgIpc) is 2.99. The largest absolute Gasteiger partial charge is 0.481 e. The molecule has 0 aromatic carbocycles. The van der Waals surface area contributed by atoms with Crippen molar-refractivity contribution in [2.45, 2.75) is 91.1 Å². The fraction of sp³-hybridized carbons (Fsp3) is 0.917. The summed E-state index contributed by atoms with van der Waals surface area (Å²) in [6, 6.07) is 0. The Labute approximate surface area is 169 Å². The molecule has 0 bridgehead atoms. The first-order valence-corrected chi connectivity index (χ1v) is 11.6. The molecule has 4 aliphatic rings. The molecule has 4 saturated carbocycles. The fourth-order valence-electron chi connectivity index (χ4n) is 8.55. The number of aliphatic hydroxyl groups is 1. The summed E-state index contributed by atoms with van der Waals surface area (Å²) in [4.78, 5) is 24.2. The van der Waals surface area contributed by atoms with Crippen LogP contribution in [-0.2, 0) is 9.59 Å². The van der Waals surface area contributed by atoms with Crippen LogP contribution in [0.5, 0.6) is 0 Å². The molecule has 28 heavy (non-hydrogen) atoms. The highest BCUT2D eigenvalue weighted by Crippen LogP contribution is 2.67. The number of Topliss-reactive ketones (excluding diaryl/α,β-unsaturated/α-hetero) is 1. The van der Waals surface area contributed by atoms with Crippen LogP contribution in [0.15, 0.2) is 0 Å². The van der Waals surface area contributed by atoms with Crippen molar-refractivity contribution in [2.24, 2.45) is 46.3 Å². The summed E-state index contributed by atoms with van der Waals surface area (Å²) < 4.78 is 0. The van der Waals surface area contributed by atoms with Gasteiger partial charge in [-0.2, -0.15) is 0 Å². The molecule has 0 aromatic rings. The second-order valence-corrected chi connectivity index (χ2v) is 11.2. The second-order valence-electron chi connectivity index (χ2n) is 11.2. The van der Waals surface area contributed by atoms with Crippen molar-refractivity contribution in [3.05, 3.63) is 0 Å². The number of aliphatic carboxylic acids is 1. The molecule has 9 atom stereocenters. The molecule has 3 unspecified atom stereocenters. The number of hydrogen-bond acceptors (Lipinski definition) is 3. The monoisotopic (exact) mass is 390 g/mol. The van der Waals surface area contributed by atoms with Gasteiger partial charge in [-0.15, -0.1) is 0 Å². The molecule has 4 nitrogen and oxygen atoms in total. The maximum Gasteiger partial charge on any atom is 0.303 e. The highest BCUT2D eigenvalue weighted by atomic mass is 16.4. The first-order chi connectivity index (χ1) is 13.2. The zero-order valence-corrected chi connectivity index (χ0v) is 17.8. The van der Waals surface area contributed by atoms with Crippen LogP contribution in [0.25, 0.3) is 0 Å².